The van der Waals surface area contributed by atoms with Gasteiger partial charge in [-0.3, -0.25) is 4.79 Å². The summed E-state index contributed by atoms with van der Waals surface area (Å²) in [5, 5.41) is 18.4. The molecule has 0 saturated heterocycles. The van der Waals surface area contributed by atoms with Gasteiger partial charge in [0.1, 0.15) is 0 Å². The minimum atomic E-state index is -2.72. The number of carboxylic acid groups (broad SMARTS) is 1. The van der Waals surface area contributed by atoms with E-state index < -0.39 is 24.5 Å². The Morgan fingerprint density at radius 3 is 2.52 bits per heavy atom. The summed E-state index contributed by atoms with van der Waals surface area (Å²) in [7, 11) is 0. The number of carbonyl (C=O) groups is 2. The molecule has 0 fully saturated rings. The van der Waals surface area contributed by atoms with Crippen molar-refractivity contribution in [2.45, 2.75) is 32.3 Å². The molecule has 1 aromatic carbocycles. The second-order valence-electron chi connectivity index (χ2n) is 4.30. The number of hydrogen-bond acceptors (Lipinski definition) is 4. The van der Waals surface area contributed by atoms with Crippen LogP contribution in [0, 0.1) is 0 Å². The Kier molecular flexibility index (Phi) is 6.23. The van der Waals surface area contributed by atoms with E-state index in [1.165, 1.54) is 0 Å². The summed E-state index contributed by atoms with van der Waals surface area (Å²) < 4.78 is 30.1. The highest BCUT2D eigenvalue weighted by molar-refractivity contribution is 5.75. The summed E-state index contributed by atoms with van der Waals surface area (Å²) in [5.74, 6) is -2.01. The highest BCUT2D eigenvalue weighted by atomic mass is 19.3. The van der Waals surface area contributed by atoms with Crippen molar-refractivity contribution in [2.75, 3.05) is 6.61 Å². The SMILES string of the molecule is CCOC(=O)CCc1cc(C(F)F)ccc1C(O)C(=O)O. The minimum absolute atomic E-state index is 0.00352. The van der Waals surface area contributed by atoms with Gasteiger partial charge in [0.05, 0.1) is 6.61 Å². The number of carbonyl (C=O) groups excluding carboxylic acids is 1. The molecule has 0 saturated carbocycles. The number of ether oxygens (including phenoxy) is 1. The van der Waals surface area contributed by atoms with Crippen molar-refractivity contribution in [2.24, 2.45) is 0 Å². The monoisotopic (exact) mass is 302 g/mol. The van der Waals surface area contributed by atoms with E-state index in [4.69, 9.17) is 9.84 Å². The zero-order valence-electron chi connectivity index (χ0n) is 11.4. The van der Waals surface area contributed by atoms with Crippen LogP contribution >= 0.6 is 0 Å². The zero-order chi connectivity index (χ0) is 16.0. The molecule has 0 aliphatic heterocycles. The molecule has 0 aliphatic rings. The van der Waals surface area contributed by atoms with Crippen molar-refractivity contribution in [1.29, 1.82) is 0 Å². The first kappa shape index (κ1) is 17.0. The quantitative estimate of drug-likeness (QED) is 0.755. The number of aliphatic carboxylic acids is 1. The van der Waals surface area contributed by atoms with Crippen LogP contribution in [0.1, 0.15) is 42.6 Å². The van der Waals surface area contributed by atoms with Gasteiger partial charge in [0.25, 0.3) is 6.43 Å². The third-order valence-electron chi connectivity index (χ3n) is 2.85. The van der Waals surface area contributed by atoms with Gasteiger partial charge in [-0.25, -0.2) is 13.6 Å². The van der Waals surface area contributed by atoms with Crippen LogP contribution in [0.5, 0.6) is 0 Å². The number of carboxylic acids is 1. The maximum Gasteiger partial charge on any atom is 0.337 e. The number of alkyl halides is 2. The summed E-state index contributed by atoms with van der Waals surface area (Å²) >= 11 is 0. The highest BCUT2D eigenvalue weighted by Crippen LogP contribution is 2.26. The Balaban J connectivity index is 3.02. The summed E-state index contributed by atoms with van der Waals surface area (Å²) in [6.07, 6.45) is -4.62. The first-order valence-corrected chi connectivity index (χ1v) is 6.34. The van der Waals surface area contributed by atoms with Crippen LogP contribution in [-0.4, -0.2) is 28.8 Å². The fraction of sp³-hybridized carbons (Fsp3) is 0.429. The van der Waals surface area contributed by atoms with Crippen molar-refractivity contribution in [3.8, 4) is 0 Å². The van der Waals surface area contributed by atoms with Gasteiger partial charge in [0.15, 0.2) is 6.10 Å². The summed E-state index contributed by atoms with van der Waals surface area (Å²) in [5.41, 5.74) is -0.109. The molecule has 7 heteroatoms. The van der Waals surface area contributed by atoms with Crippen LogP contribution in [0.15, 0.2) is 18.2 Å². The minimum Gasteiger partial charge on any atom is -0.479 e. The van der Waals surface area contributed by atoms with Crippen molar-refractivity contribution in [1.82, 2.24) is 0 Å². The smallest absolute Gasteiger partial charge is 0.337 e. The van der Waals surface area contributed by atoms with E-state index in [1.807, 2.05) is 0 Å². The lowest BCUT2D eigenvalue weighted by Crippen LogP contribution is -2.14. The van der Waals surface area contributed by atoms with E-state index in [2.05, 4.69) is 0 Å². The Bertz CT molecular complexity index is 516. The Morgan fingerprint density at radius 1 is 1.33 bits per heavy atom. The molecular weight excluding hydrogens is 286 g/mol. The van der Waals surface area contributed by atoms with Crippen LogP contribution < -0.4 is 0 Å². The molecule has 1 rings (SSSR count). The van der Waals surface area contributed by atoms with Crippen molar-refractivity contribution in [3.63, 3.8) is 0 Å². The lowest BCUT2D eigenvalue weighted by atomic mass is 9.96. The number of aliphatic hydroxyl groups excluding tert-OH is 1. The fourth-order valence-corrected chi connectivity index (χ4v) is 1.85. The van der Waals surface area contributed by atoms with Crippen LogP contribution in [0.3, 0.4) is 0 Å². The van der Waals surface area contributed by atoms with Gasteiger partial charge in [0, 0.05) is 12.0 Å². The number of rotatable bonds is 7. The van der Waals surface area contributed by atoms with Crippen LogP contribution in [-0.2, 0) is 20.7 Å². The van der Waals surface area contributed by atoms with Gasteiger partial charge in [-0.05, 0) is 30.5 Å². The van der Waals surface area contributed by atoms with E-state index in [0.29, 0.717) is 0 Å². The lowest BCUT2D eigenvalue weighted by Gasteiger charge is -2.14. The summed E-state index contributed by atoms with van der Waals surface area (Å²) in [6, 6.07) is 3.30. The largest absolute Gasteiger partial charge is 0.479 e. The normalized spacial score (nSPS) is 12.2. The van der Waals surface area contributed by atoms with Gasteiger partial charge in [-0.15, -0.1) is 0 Å². The standard InChI is InChI=1S/C14H16F2O5/c1-2-21-11(17)6-4-8-7-9(13(15)16)3-5-10(8)12(18)14(19)20/h3,5,7,12-13,18H,2,4,6H2,1H3,(H,19,20). The van der Waals surface area contributed by atoms with Gasteiger partial charge in [0.2, 0.25) is 0 Å². The molecule has 0 aromatic heterocycles. The molecule has 1 unspecified atom stereocenters. The van der Waals surface area contributed by atoms with Crippen molar-refractivity contribution < 1.29 is 33.3 Å². The topological polar surface area (TPSA) is 83.8 Å². The van der Waals surface area contributed by atoms with Crippen molar-refractivity contribution >= 4 is 11.9 Å². The molecular formula is C14H16F2O5. The van der Waals surface area contributed by atoms with Gasteiger partial charge in [-0.2, -0.15) is 0 Å². The molecule has 0 bridgehead atoms. The van der Waals surface area contributed by atoms with Gasteiger partial charge < -0.3 is 14.9 Å². The average molecular weight is 302 g/mol. The Hall–Kier alpha value is -2.02. The molecule has 0 aliphatic carbocycles. The van der Waals surface area contributed by atoms with E-state index in [0.717, 1.165) is 18.2 Å². The molecule has 1 atom stereocenters. The maximum atomic E-state index is 12.7. The Labute approximate surface area is 120 Å². The summed E-state index contributed by atoms with van der Waals surface area (Å²) in [4.78, 5) is 22.1. The van der Waals surface area contributed by atoms with Gasteiger partial charge in [-0.1, -0.05) is 12.1 Å². The molecule has 116 valence electrons. The molecule has 21 heavy (non-hydrogen) atoms. The lowest BCUT2D eigenvalue weighted by molar-refractivity contribution is -0.147. The van der Waals surface area contributed by atoms with Crippen LogP contribution in [0.4, 0.5) is 8.78 Å². The molecule has 0 heterocycles. The molecule has 0 spiro atoms. The van der Waals surface area contributed by atoms with Crippen molar-refractivity contribution in [3.05, 3.63) is 34.9 Å². The molecule has 5 nitrogen and oxygen atoms in total. The molecule has 0 amide bonds. The zero-order valence-corrected chi connectivity index (χ0v) is 11.4. The predicted octanol–water partition coefficient (Wildman–Crippen LogP) is 2.24. The number of halogens is 2. The number of aliphatic hydroxyl groups is 1. The second-order valence-corrected chi connectivity index (χ2v) is 4.30. The van der Waals surface area contributed by atoms with E-state index in [9.17, 15) is 23.5 Å². The number of benzene rings is 1. The van der Waals surface area contributed by atoms with E-state index >= 15 is 0 Å². The molecule has 0 radical (unpaired) electrons. The van der Waals surface area contributed by atoms with E-state index in [-0.39, 0.29) is 36.1 Å². The third-order valence-corrected chi connectivity index (χ3v) is 2.85. The number of hydrogen-bond donors (Lipinski definition) is 2. The highest BCUT2D eigenvalue weighted by Gasteiger charge is 2.21. The average Bonchev–Trinajstić information content (AvgIpc) is 2.44. The molecule has 1 aromatic rings. The number of esters is 1. The van der Waals surface area contributed by atoms with Crippen LogP contribution in [0.25, 0.3) is 0 Å². The van der Waals surface area contributed by atoms with Gasteiger partial charge >= 0.3 is 11.9 Å². The second kappa shape index (κ2) is 7.68. The first-order chi connectivity index (χ1) is 9.86. The Morgan fingerprint density at radius 2 is 2.00 bits per heavy atom. The maximum absolute atomic E-state index is 12.7. The molecule has 2 N–H and O–H groups in total. The summed E-state index contributed by atoms with van der Waals surface area (Å²) in [6.45, 7) is 1.83. The van der Waals surface area contributed by atoms with E-state index in [1.54, 1.807) is 6.92 Å². The predicted molar refractivity (Wildman–Crippen MR) is 68.9 cm³/mol. The number of aryl methyl sites for hydroxylation is 1. The first-order valence-electron chi connectivity index (χ1n) is 6.34. The third kappa shape index (κ3) is 4.78. The van der Waals surface area contributed by atoms with Crippen LogP contribution in [0.2, 0.25) is 0 Å². The fourth-order valence-electron chi connectivity index (χ4n) is 1.85.